The standard InChI is InChI=1S/C17H15N3O/c1-2-21-13-11-16(14-7-3-5-9-18-14)20-17(12-13)15-8-4-6-10-19-15/h3-12H,2H2,1H3. The van der Waals surface area contributed by atoms with Gasteiger partial charge in [-0.1, -0.05) is 12.1 Å². The largest absolute Gasteiger partial charge is 0.494 e. The predicted octanol–water partition coefficient (Wildman–Crippen LogP) is 3.60. The molecule has 0 saturated carbocycles. The van der Waals surface area contributed by atoms with Crippen LogP contribution < -0.4 is 4.74 Å². The van der Waals surface area contributed by atoms with E-state index in [0.717, 1.165) is 28.5 Å². The summed E-state index contributed by atoms with van der Waals surface area (Å²) in [4.78, 5) is 13.3. The molecular formula is C17H15N3O. The van der Waals surface area contributed by atoms with Gasteiger partial charge in [-0.2, -0.15) is 0 Å². The first-order valence-corrected chi connectivity index (χ1v) is 6.84. The van der Waals surface area contributed by atoms with Crippen molar-refractivity contribution in [3.63, 3.8) is 0 Å². The molecule has 104 valence electrons. The van der Waals surface area contributed by atoms with Crippen molar-refractivity contribution in [1.29, 1.82) is 0 Å². The van der Waals surface area contributed by atoms with E-state index in [1.165, 1.54) is 0 Å². The summed E-state index contributed by atoms with van der Waals surface area (Å²) in [5, 5.41) is 0. The van der Waals surface area contributed by atoms with E-state index in [-0.39, 0.29) is 0 Å². The van der Waals surface area contributed by atoms with Crippen LogP contribution in [0, 0.1) is 0 Å². The minimum absolute atomic E-state index is 0.604. The molecule has 0 radical (unpaired) electrons. The number of hydrogen-bond acceptors (Lipinski definition) is 4. The molecular weight excluding hydrogens is 262 g/mol. The van der Waals surface area contributed by atoms with E-state index in [1.807, 2.05) is 55.5 Å². The second-order valence-corrected chi connectivity index (χ2v) is 4.44. The van der Waals surface area contributed by atoms with E-state index in [2.05, 4.69) is 15.0 Å². The minimum atomic E-state index is 0.604. The number of aromatic nitrogens is 3. The molecule has 0 saturated heterocycles. The van der Waals surface area contributed by atoms with Crippen LogP contribution in [0.5, 0.6) is 5.75 Å². The molecule has 0 atom stereocenters. The van der Waals surface area contributed by atoms with E-state index in [4.69, 9.17) is 4.74 Å². The number of nitrogens with zero attached hydrogens (tertiary/aromatic N) is 3. The zero-order valence-electron chi connectivity index (χ0n) is 11.7. The highest BCUT2D eigenvalue weighted by Crippen LogP contribution is 2.26. The van der Waals surface area contributed by atoms with Gasteiger partial charge in [-0.25, -0.2) is 4.98 Å². The molecule has 0 bridgehead atoms. The van der Waals surface area contributed by atoms with E-state index < -0.39 is 0 Å². The first kappa shape index (κ1) is 13.2. The molecule has 3 rings (SSSR count). The van der Waals surface area contributed by atoms with Crippen LogP contribution in [-0.2, 0) is 0 Å². The second-order valence-electron chi connectivity index (χ2n) is 4.44. The minimum Gasteiger partial charge on any atom is -0.494 e. The van der Waals surface area contributed by atoms with Gasteiger partial charge < -0.3 is 4.74 Å². The third-order valence-electron chi connectivity index (χ3n) is 2.96. The summed E-state index contributed by atoms with van der Waals surface area (Å²) >= 11 is 0. The van der Waals surface area contributed by atoms with Crippen LogP contribution >= 0.6 is 0 Å². The lowest BCUT2D eigenvalue weighted by Gasteiger charge is -2.09. The smallest absolute Gasteiger partial charge is 0.123 e. The maximum Gasteiger partial charge on any atom is 0.123 e. The summed E-state index contributed by atoms with van der Waals surface area (Å²) in [7, 11) is 0. The fraction of sp³-hybridized carbons (Fsp3) is 0.118. The molecule has 0 aromatic carbocycles. The normalized spacial score (nSPS) is 10.3. The Morgan fingerprint density at radius 2 is 1.38 bits per heavy atom. The lowest BCUT2D eigenvalue weighted by molar-refractivity contribution is 0.340. The number of ether oxygens (including phenoxy) is 1. The van der Waals surface area contributed by atoms with Gasteiger partial charge in [0.2, 0.25) is 0 Å². The topological polar surface area (TPSA) is 47.9 Å². The van der Waals surface area contributed by atoms with Gasteiger partial charge in [-0.3, -0.25) is 9.97 Å². The van der Waals surface area contributed by atoms with Crippen LogP contribution in [-0.4, -0.2) is 21.6 Å². The van der Waals surface area contributed by atoms with E-state index >= 15 is 0 Å². The molecule has 21 heavy (non-hydrogen) atoms. The van der Waals surface area contributed by atoms with Gasteiger partial charge in [0.05, 0.1) is 29.4 Å². The lowest BCUT2D eigenvalue weighted by Crippen LogP contribution is -1.97. The zero-order valence-corrected chi connectivity index (χ0v) is 11.7. The lowest BCUT2D eigenvalue weighted by atomic mass is 10.2. The van der Waals surface area contributed by atoms with Crippen LogP contribution in [0.4, 0.5) is 0 Å². The Morgan fingerprint density at radius 1 is 0.810 bits per heavy atom. The van der Waals surface area contributed by atoms with Crippen LogP contribution in [0.25, 0.3) is 22.8 Å². The molecule has 3 aromatic rings. The van der Waals surface area contributed by atoms with Crippen LogP contribution in [0.2, 0.25) is 0 Å². The van der Waals surface area contributed by atoms with Crippen molar-refractivity contribution in [2.75, 3.05) is 6.61 Å². The van der Waals surface area contributed by atoms with Gasteiger partial charge >= 0.3 is 0 Å². The maximum atomic E-state index is 5.63. The van der Waals surface area contributed by atoms with Crippen molar-refractivity contribution in [3.8, 4) is 28.5 Å². The zero-order chi connectivity index (χ0) is 14.5. The SMILES string of the molecule is CCOc1cc(-c2ccccn2)nc(-c2ccccn2)c1. The van der Waals surface area contributed by atoms with E-state index in [9.17, 15) is 0 Å². The molecule has 3 heterocycles. The Morgan fingerprint density at radius 3 is 1.81 bits per heavy atom. The fourth-order valence-electron chi connectivity index (χ4n) is 2.05. The molecule has 3 aromatic heterocycles. The van der Waals surface area contributed by atoms with Gasteiger partial charge in [-0.15, -0.1) is 0 Å². The number of pyridine rings is 3. The number of rotatable bonds is 4. The van der Waals surface area contributed by atoms with Crippen LogP contribution in [0.15, 0.2) is 60.9 Å². The Balaban J connectivity index is 2.11. The highest BCUT2D eigenvalue weighted by molar-refractivity contribution is 5.64. The quantitative estimate of drug-likeness (QED) is 0.731. The Hall–Kier alpha value is -2.75. The summed E-state index contributed by atoms with van der Waals surface area (Å²) < 4.78 is 5.63. The van der Waals surface area contributed by atoms with Gasteiger partial charge in [-0.05, 0) is 31.2 Å². The molecule has 0 aliphatic heterocycles. The molecule has 0 aliphatic carbocycles. The Labute approximate surface area is 123 Å². The highest BCUT2D eigenvalue weighted by Gasteiger charge is 2.09. The van der Waals surface area contributed by atoms with E-state index in [0.29, 0.717) is 6.61 Å². The third kappa shape index (κ3) is 3.05. The second kappa shape index (κ2) is 6.13. The van der Waals surface area contributed by atoms with Crippen molar-refractivity contribution in [3.05, 3.63) is 60.9 Å². The number of hydrogen-bond donors (Lipinski definition) is 0. The van der Waals surface area contributed by atoms with Crippen molar-refractivity contribution >= 4 is 0 Å². The summed E-state index contributed by atoms with van der Waals surface area (Å²) in [5.41, 5.74) is 3.19. The maximum absolute atomic E-state index is 5.63. The first-order valence-electron chi connectivity index (χ1n) is 6.84. The Kier molecular flexibility index (Phi) is 3.87. The van der Waals surface area contributed by atoms with Crippen LogP contribution in [0.3, 0.4) is 0 Å². The summed E-state index contributed by atoms with van der Waals surface area (Å²) in [6.45, 7) is 2.56. The van der Waals surface area contributed by atoms with Gasteiger partial charge in [0.25, 0.3) is 0 Å². The van der Waals surface area contributed by atoms with Crippen molar-refractivity contribution < 1.29 is 4.74 Å². The van der Waals surface area contributed by atoms with E-state index in [1.54, 1.807) is 12.4 Å². The molecule has 0 unspecified atom stereocenters. The molecule has 0 N–H and O–H groups in total. The monoisotopic (exact) mass is 277 g/mol. The highest BCUT2D eigenvalue weighted by atomic mass is 16.5. The molecule has 4 nitrogen and oxygen atoms in total. The van der Waals surface area contributed by atoms with Crippen molar-refractivity contribution in [2.45, 2.75) is 6.92 Å². The fourth-order valence-corrected chi connectivity index (χ4v) is 2.05. The third-order valence-corrected chi connectivity index (χ3v) is 2.96. The summed E-state index contributed by atoms with van der Waals surface area (Å²) in [5.74, 6) is 0.772. The predicted molar refractivity (Wildman–Crippen MR) is 81.9 cm³/mol. The average molecular weight is 277 g/mol. The average Bonchev–Trinajstić information content (AvgIpc) is 2.56. The molecule has 0 amide bonds. The Bertz CT molecular complexity index is 657. The molecule has 0 fully saturated rings. The van der Waals surface area contributed by atoms with Gasteiger partial charge in [0.15, 0.2) is 0 Å². The van der Waals surface area contributed by atoms with Crippen molar-refractivity contribution in [2.24, 2.45) is 0 Å². The summed E-state index contributed by atoms with van der Waals surface area (Å²) in [6, 6.07) is 15.3. The van der Waals surface area contributed by atoms with Gasteiger partial charge in [0.1, 0.15) is 5.75 Å². The molecule has 0 spiro atoms. The molecule has 4 heteroatoms. The van der Waals surface area contributed by atoms with Gasteiger partial charge in [0, 0.05) is 24.5 Å². The first-order chi connectivity index (χ1) is 10.4. The van der Waals surface area contributed by atoms with Crippen molar-refractivity contribution in [1.82, 2.24) is 15.0 Å². The van der Waals surface area contributed by atoms with Crippen LogP contribution in [0.1, 0.15) is 6.92 Å². The molecule has 0 aliphatic rings. The summed E-state index contributed by atoms with van der Waals surface area (Å²) in [6.07, 6.45) is 3.51.